The van der Waals surface area contributed by atoms with Crippen molar-refractivity contribution in [2.75, 3.05) is 0 Å². The number of benzene rings is 11. The second-order valence-corrected chi connectivity index (χ2v) is 15.5. The van der Waals surface area contributed by atoms with Crippen molar-refractivity contribution in [3.8, 4) is 44.5 Å². The molecular weight excluding hydrogens is 661 g/mol. The van der Waals surface area contributed by atoms with Crippen LogP contribution in [0.5, 0.6) is 0 Å². The summed E-state index contributed by atoms with van der Waals surface area (Å²) in [6.45, 7) is 0. The van der Waals surface area contributed by atoms with E-state index in [2.05, 4.69) is 194 Å². The van der Waals surface area contributed by atoms with Gasteiger partial charge in [-0.15, -0.1) is 0 Å². The SMILES string of the molecule is c1ccc2c(c1)-c1ccccc1C21c2cc(-c3ccc4ccc5cccc6ccc3c4c56)ccc2-c2c(-c3ccc4ccccc4c3)cc3ccccc3c21. The molecule has 0 radical (unpaired) electrons. The Morgan fingerprint density at radius 1 is 0.273 bits per heavy atom. The monoisotopic (exact) mass is 692 g/mol. The second-order valence-electron chi connectivity index (χ2n) is 15.5. The number of hydrogen-bond acceptors (Lipinski definition) is 0. The van der Waals surface area contributed by atoms with Crippen molar-refractivity contribution >= 4 is 53.9 Å². The quantitative estimate of drug-likeness (QED) is 0.158. The van der Waals surface area contributed by atoms with Crippen molar-refractivity contribution < 1.29 is 0 Å². The Bertz CT molecular complexity index is 3370. The molecule has 11 aromatic carbocycles. The Morgan fingerprint density at radius 2 is 0.836 bits per heavy atom. The van der Waals surface area contributed by atoms with Gasteiger partial charge in [0, 0.05) is 0 Å². The Kier molecular flexibility index (Phi) is 5.65. The summed E-state index contributed by atoms with van der Waals surface area (Å²) in [5, 5.41) is 13.0. The highest BCUT2D eigenvalue weighted by atomic mass is 14.5. The molecule has 0 amide bonds. The van der Waals surface area contributed by atoms with Crippen LogP contribution in [0.4, 0.5) is 0 Å². The predicted molar refractivity (Wildman–Crippen MR) is 232 cm³/mol. The zero-order chi connectivity index (χ0) is 35.8. The molecule has 2 aliphatic rings. The van der Waals surface area contributed by atoms with E-state index in [0.717, 1.165) is 0 Å². The van der Waals surface area contributed by atoms with Crippen LogP contribution in [0.3, 0.4) is 0 Å². The van der Waals surface area contributed by atoms with E-state index in [0.29, 0.717) is 0 Å². The molecular formula is C55H32. The van der Waals surface area contributed by atoms with E-state index in [-0.39, 0.29) is 0 Å². The fourth-order valence-electron chi connectivity index (χ4n) is 10.8. The third-order valence-electron chi connectivity index (χ3n) is 13.0. The normalized spacial score (nSPS) is 13.6. The molecule has 252 valence electrons. The van der Waals surface area contributed by atoms with Crippen molar-refractivity contribution in [3.63, 3.8) is 0 Å². The average Bonchev–Trinajstić information content (AvgIpc) is 3.72. The lowest BCUT2D eigenvalue weighted by atomic mass is 9.68. The highest BCUT2D eigenvalue weighted by molar-refractivity contribution is 6.25. The van der Waals surface area contributed by atoms with Gasteiger partial charge >= 0.3 is 0 Å². The summed E-state index contributed by atoms with van der Waals surface area (Å²) in [6, 6.07) is 73.5. The fraction of sp³-hybridized carbons (Fsp3) is 0.0182. The molecule has 13 rings (SSSR count). The van der Waals surface area contributed by atoms with Crippen LogP contribution in [0.25, 0.3) is 98.4 Å². The van der Waals surface area contributed by atoms with Gasteiger partial charge in [-0.2, -0.15) is 0 Å². The van der Waals surface area contributed by atoms with E-state index in [1.807, 2.05) is 0 Å². The molecule has 0 atom stereocenters. The van der Waals surface area contributed by atoms with Gasteiger partial charge in [0.15, 0.2) is 0 Å². The van der Waals surface area contributed by atoms with Gasteiger partial charge in [0.05, 0.1) is 5.41 Å². The highest BCUT2D eigenvalue weighted by Crippen LogP contribution is 2.66. The lowest BCUT2D eigenvalue weighted by Crippen LogP contribution is -2.26. The topological polar surface area (TPSA) is 0 Å². The maximum atomic E-state index is 2.55. The van der Waals surface area contributed by atoms with Crippen LogP contribution in [0, 0.1) is 0 Å². The van der Waals surface area contributed by atoms with E-state index in [1.165, 1.54) is 121 Å². The van der Waals surface area contributed by atoms with E-state index in [4.69, 9.17) is 0 Å². The molecule has 0 unspecified atom stereocenters. The summed E-state index contributed by atoms with van der Waals surface area (Å²) in [5.41, 5.74) is 15.4. The Labute approximate surface area is 318 Å². The van der Waals surface area contributed by atoms with Crippen molar-refractivity contribution in [1.82, 2.24) is 0 Å². The van der Waals surface area contributed by atoms with E-state index in [9.17, 15) is 0 Å². The van der Waals surface area contributed by atoms with Gasteiger partial charge in [-0.1, -0.05) is 176 Å². The first-order chi connectivity index (χ1) is 27.3. The molecule has 0 heterocycles. The molecule has 2 aliphatic carbocycles. The van der Waals surface area contributed by atoms with Crippen LogP contribution >= 0.6 is 0 Å². The molecule has 0 N–H and O–H groups in total. The molecule has 0 fully saturated rings. The van der Waals surface area contributed by atoms with Crippen LogP contribution in [-0.2, 0) is 5.41 Å². The third-order valence-corrected chi connectivity index (χ3v) is 13.0. The molecule has 11 aromatic rings. The molecule has 0 nitrogen and oxygen atoms in total. The zero-order valence-electron chi connectivity index (χ0n) is 30.0. The Hall–Kier alpha value is -7.02. The minimum Gasteiger partial charge on any atom is -0.0619 e. The first kappa shape index (κ1) is 29.4. The predicted octanol–water partition coefficient (Wildman–Crippen LogP) is 14.6. The van der Waals surface area contributed by atoms with Crippen LogP contribution in [0.2, 0.25) is 0 Å². The van der Waals surface area contributed by atoms with Gasteiger partial charge in [-0.25, -0.2) is 0 Å². The summed E-state index contributed by atoms with van der Waals surface area (Å²) in [4.78, 5) is 0. The first-order valence-corrected chi connectivity index (χ1v) is 19.3. The lowest BCUT2D eigenvalue weighted by Gasteiger charge is -2.32. The Morgan fingerprint density at radius 3 is 1.64 bits per heavy atom. The van der Waals surface area contributed by atoms with E-state index < -0.39 is 5.41 Å². The number of rotatable bonds is 2. The lowest BCUT2D eigenvalue weighted by molar-refractivity contribution is 0.802. The third kappa shape index (κ3) is 3.71. The van der Waals surface area contributed by atoms with E-state index >= 15 is 0 Å². The summed E-state index contributed by atoms with van der Waals surface area (Å²) < 4.78 is 0. The fourth-order valence-corrected chi connectivity index (χ4v) is 10.8. The maximum absolute atomic E-state index is 2.55. The van der Waals surface area contributed by atoms with Gasteiger partial charge in [0.1, 0.15) is 0 Å². The maximum Gasteiger partial charge on any atom is 0.0731 e. The molecule has 0 saturated carbocycles. The van der Waals surface area contributed by atoms with Gasteiger partial charge < -0.3 is 0 Å². The smallest absolute Gasteiger partial charge is 0.0619 e. The zero-order valence-corrected chi connectivity index (χ0v) is 30.0. The molecule has 0 saturated heterocycles. The van der Waals surface area contributed by atoms with Crippen LogP contribution in [0.1, 0.15) is 22.3 Å². The number of fused-ring (bicyclic) bond motifs is 13. The minimum atomic E-state index is -0.496. The van der Waals surface area contributed by atoms with Crippen molar-refractivity contribution in [2.24, 2.45) is 0 Å². The largest absolute Gasteiger partial charge is 0.0731 e. The van der Waals surface area contributed by atoms with E-state index in [1.54, 1.807) is 0 Å². The second kappa shape index (κ2) is 10.6. The van der Waals surface area contributed by atoms with Crippen LogP contribution < -0.4 is 0 Å². The average molecular weight is 693 g/mol. The minimum absolute atomic E-state index is 0.496. The van der Waals surface area contributed by atoms with Crippen molar-refractivity contribution in [3.05, 3.63) is 216 Å². The number of hydrogen-bond donors (Lipinski definition) is 0. The standard InChI is InChI=1S/C55H32/c1-2-11-37-30-39(23-20-33(37)10-1)47-31-38-12-3-4-15-42(38)54-53(47)46-29-26-40(32-50(46)55(54)48-18-7-5-16-43(48)44-17-6-8-19-49(44)55)41-27-24-36-22-21-34-13-9-14-35-25-28-45(41)52(36)51(34)35/h1-32H. The molecule has 0 aromatic heterocycles. The van der Waals surface area contributed by atoms with Gasteiger partial charge in [-0.3, -0.25) is 0 Å². The molecule has 55 heavy (non-hydrogen) atoms. The molecule has 0 bridgehead atoms. The van der Waals surface area contributed by atoms with Crippen molar-refractivity contribution in [1.29, 1.82) is 0 Å². The molecule has 0 heteroatoms. The van der Waals surface area contributed by atoms with Crippen LogP contribution in [-0.4, -0.2) is 0 Å². The summed E-state index contributed by atoms with van der Waals surface area (Å²) >= 11 is 0. The van der Waals surface area contributed by atoms with Crippen molar-refractivity contribution in [2.45, 2.75) is 5.41 Å². The van der Waals surface area contributed by atoms with Gasteiger partial charge in [0.25, 0.3) is 0 Å². The van der Waals surface area contributed by atoms with Gasteiger partial charge in [-0.05, 0) is 139 Å². The molecule has 0 aliphatic heterocycles. The van der Waals surface area contributed by atoms with Crippen LogP contribution in [0.15, 0.2) is 194 Å². The molecule has 1 spiro atoms. The summed E-state index contributed by atoms with van der Waals surface area (Å²) in [7, 11) is 0. The Balaban J connectivity index is 1.18. The van der Waals surface area contributed by atoms with Gasteiger partial charge in [0.2, 0.25) is 0 Å². The first-order valence-electron chi connectivity index (χ1n) is 19.3. The highest BCUT2D eigenvalue weighted by Gasteiger charge is 2.53. The summed E-state index contributed by atoms with van der Waals surface area (Å²) in [6.07, 6.45) is 0. The summed E-state index contributed by atoms with van der Waals surface area (Å²) in [5.74, 6) is 0.